The van der Waals surface area contributed by atoms with Crippen LogP contribution in [0.1, 0.15) is 57.9 Å². The van der Waals surface area contributed by atoms with Crippen molar-refractivity contribution in [1.82, 2.24) is 4.98 Å². The molecule has 21 heavy (non-hydrogen) atoms. The van der Waals surface area contributed by atoms with Gasteiger partial charge in [-0.15, -0.1) is 0 Å². The molecule has 0 aliphatic heterocycles. The average Bonchev–Trinajstić information content (AvgIpc) is 2.77. The lowest BCUT2D eigenvalue weighted by Crippen LogP contribution is -2.34. The predicted molar refractivity (Wildman–Crippen MR) is 86.1 cm³/mol. The van der Waals surface area contributed by atoms with Crippen LogP contribution in [0.15, 0.2) is 9.64 Å². The first-order valence-corrected chi connectivity index (χ1v) is 8.75. The van der Waals surface area contributed by atoms with Gasteiger partial charge in [-0.05, 0) is 44.4 Å². The summed E-state index contributed by atoms with van der Waals surface area (Å²) in [5.41, 5.74) is 1.30. The van der Waals surface area contributed by atoms with Gasteiger partial charge in [0, 0.05) is 5.25 Å². The first-order valence-electron chi connectivity index (χ1n) is 7.87. The van der Waals surface area contributed by atoms with E-state index < -0.39 is 0 Å². The van der Waals surface area contributed by atoms with Crippen LogP contribution in [0, 0.1) is 42.4 Å². The monoisotopic (exact) mass is 306 g/mol. The number of nitriles is 1. The molecule has 0 bridgehead atoms. The van der Waals surface area contributed by atoms with E-state index in [4.69, 9.17) is 4.42 Å². The predicted octanol–water partition coefficient (Wildman–Crippen LogP) is 5.13. The third-order valence-electron chi connectivity index (χ3n) is 5.24. The zero-order valence-corrected chi connectivity index (χ0v) is 14.6. The van der Waals surface area contributed by atoms with Gasteiger partial charge in [0.25, 0.3) is 5.22 Å². The highest BCUT2D eigenvalue weighted by Gasteiger charge is 2.38. The molecule has 0 aromatic carbocycles. The van der Waals surface area contributed by atoms with Gasteiger partial charge in [0.05, 0.1) is 17.7 Å². The van der Waals surface area contributed by atoms with E-state index in [0.29, 0.717) is 16.6 Å². The van der Waals surface area contributed by atoms with E-state index in [9.17, 15) is 5.26 Å². The molecule has 1 heterocycles. The molecule has 0 amide bonds. The van der Waals surface area contributed by atoms with Crippen LogP contribution < -0.4 is 0 Å². The molecule has 1 aromatic heterocycles. The SMILES string of the molecule is CCC(C)(C)C1CCC(C#N)C(Sc2nc(C)c(C)o2)C1. The molecule has 4 heteroatoms. The molecule has 3 atom stereocenters. The van der Waals surface area contributed by atoms with E-state index in [1.165, 1.54) is 12.8 Å². The van der Waals surface area contributed by atoms with Crippen LogP contribution in [-0.4, -0.2) is 10.2 Å². The maximum absolute atomic E-state index is 9.43. The molecule has 2 rings (SSSR count). The molecule has 3 nitrogen and oxygen atoms in total. The van der Waals surface area contributed by atoms with Crippen LogP contribution in [0.2, 0.25) is 0 Å². The number of thioether (sulfide) groups is 1. The van der Waals surface area contributed by atoms with Crippen LogP contribution in [-0.2, 0) is 0 Å². The van der Waals surface area contributed by atoms with Crippen molar-refractivity contribution in [3.8, 4) is 6.07 Å². The normalized spacial score (nSPS) is 26.6. The van der Waals surface area contributed by atoms with Crippen molar-refractivity contribution >= 4 is 11.8 Å². The molecule has 0 saturated heterocycles. The van der Waals surface area contributed by atoms with Crippen molar-refractivity contribution in [3.05, 3.63) is 11.5 Å². The Morgan fingerprint density at radius 3 is 2.62 bits per heavy atom. The van der Waals surface area contributed by atoms with Gasteiger partial charge in [0.1, 0.15) is 5.76 Å². The Morgan fingerprint density at radius 2 is 2.10 bits per heavy atom. The first-order chi connectivity index (χ1) is 9.87. The second-order valence-electron chi connectivity index (χ2n) is 6.87. The van der Waals surface area contributed by atoms with E-state index >= 15 is 0 Å². The van der Waals surface area contributed by atoms with Crippen LogP contribution in [0.3, 0.4) is 0 Å². The van der Waals surface area contributed by atoms with Crippen LogP contribution >= 0.6 is 11.8 Å². The van der Waals surface area contributed by atoms with E-state index in [0.717, 1.165) is 29.5 Å². The van der Waals surface area contributed by atoms with Crippen molar-refractivity contribution in [3.63, 3.8) is 0 Å². The minimum absolute atomic E-state index is 0.117. The summed E-state index contributed by atoms with van der Waals surface area (Å²) in [6.07, 6.45) is 4.44. The molecule has 0 N–H and O–H groups in total. The fraction of sp³-hybridized carbons (Fsp3) is 0.765. The third-order valence-corrected chi connectivity index (χ3v) is 6.44. The average molecular weight is 306 g/mol. The van der Waals surface area contributed by atoms with E-state index in [2.05, 4.69) is 31.8 Å². The van der Waals surface area contributed by atoms with Crippen molar-refractivity contribution in [1.29, 1.82) is 5.26 Å². The number of hydrogen-bond acceptors (Lipinski definition) is 4. The highest BCUT2D eigenvalue weighted by Crippen LogP contribution is 2.46. The van der Waals surface area contributed by atoms with Crippen LogP contribution in [0.4, 0.5) is 0 Å². The Kier molecular flexibility index (Phi) is 5.03. The van der Waals surface area contributed by atoms with Crippen molar-refractivity contribution in [2.24, 2.45) is 17.3 Å². The second-order valence-corrected chi connectivity index (χ2v) is 8.06. The lowest BCUT2D eigenvalue weighted by molar-refractivity contribution is 0.143. The first kappa shape index (κ1) is 16.4. The van der Waals surface area contributed by atoms with Gasteiger partial charge in [0.2, 0.25) is 0 Å². The van der Waals surface area contributed by atoms with Gasteiger partial charge in [-0.3, -0.25) is 0 Å². The molecule has 1 aromatic rings. The lowest BCUT2D eigenvalue weighted by Gasteiger charge is -2.40. The molecule has 0 radical (unpaired) electrons. The molecule has 1 fully saturated rings. The summed E-state index contributed by atoms with van der Waals surface area (Å²) in [6, 6.07) is 2.50. The zero-order chi connectivity index (χ0) is 15.6. The fourth-order valence-corrected chi connectivity index (χ4v) is 4.34. The molecule has 1 aliphatic rings. The Labute approximate surface area is 132 Å². The van der Waals surface area contributed by atoms with Crippen molar-refractivity contribution in [2.45, 2.75) is 70.8 Å². The third kappa shape index (κ3) is 3.63. The Hall–Kier alpha value is -0.950. The van der Waals surface area contributed by atoms with Crippen LogP contribution in [0.5, 0.6) is 0 Å². The number of aromatic nitrogens is 1. The Balaban J connectivity index is 2.12. The van der Waals surface area contributed by atoms with Crippen LogP contribution in [0.25, 0.3) is 0 Å². The zero-order valence-electron chi connectivity index (χ0n) is 13.8. The maximum Gasteiger partial charge on any atom is 0.256 e. The van der Waals surface area contributed by atoms with Gasteiger partial charge in [-0.25, -0.2) is 4.98 Å². The molecular weight excluding hydrogens is 280 g/mol. The van der Waals surface area contributed by atoms with Crippen molar-refractivity contribution in [2.75, 3.05) is 0 Å². The van der Waals surface area contributed by atoms with E-state index in [1.54, 1.807) is 11.8 Å². The number of nitrogens with zero attached hydrogens (tertiary/aromatic N) is 2. The van der Waals surface area contributed by atoms with Gasteiger partial charge in [-0.2, -0.15) is 5.26 Å². The molecule has 116 valence electrons. The standard InChI is InChI=1S/C17H26N2OS/c1-6-17(4,5)14-8-7-13(10-18)15(9-14)21-16-19-11(2)12(3)20-16/h13-15H,6-9H2,1-5H3. The summed E-state index contributed by atoms with van der Waals surface area (Å²) in [7, 11) is 0. The molecule has 1 saturated carbocycles. The number of hydrogen-bond donors (Lipinski definition) is 0. The van der Waals surface area contributed by atoms with Gasteiger partial charge in [-0.1, -0.05) is 39.0 Å². The second kappa shape index (κ2) is 6.44. The summed E-state index contributed by atoms with van der Waals surface area (Å²) in [5, 5.41) is 10.5. The van der Waals surface area contributed by atoms with Gasteiger partial charge in [0.15, 0.2) is 0 Å². The van der Waals surface area contributed by atoms with E-state index in [1.807, 2.05) is 13.8 Å². The molecule has 3 unspecified atom stereocenters. The number of aryl methyl sites for hydroxylation is 2. The largest absolute Gasteiger partial charge is 0.437 e. The minimum atomic E-state index is 0.117. The summed E-state index contributed by atoms with van der Waals surface area (Å²) in [4.78, 5) is 4.47. The Bertz CT molecular complexity index is 510. The van der Waals surface area contributed by atoms with Crippen molar-refractivity contribution < 1.29 is 4.42 Å². The topological polar surface area (TPSA) is 49.8 Å². The highest BCUT2D eigenvalue weighted by molar-refractivity contribution is 7.99. The van der Waals surface area contributed by atoms with E-state index in [-0.39, 0.29) is 5.92 Å². The summed E-state index contributed by atoms with van der Waals surface area (Å²) in [5.74, 6) is 1.68. The molecular formula is C17H26N2OS. The lowest BCUT2D eigenvalue weighted by atomic mass is 9.67. The molecule has 0 spiro atoms. The summed E-state index contributed by atoms with van der Waals surface area (Å²) >= 11 is 1.66. The summed E-state index contributed by atoms with van der Waals surface area (Å²) < 4.78 is 5.70. The Morgan fingerprint density at radius 1 is 1.38 bits per heavy atom. The molecule has 1 aliphatic carbocycles. The highest BCUT2D eigenvalue weighted by atomic mass is 32.2. The number of rotatable bonds is 4. The summed E-state index contributed by atoms with van der Waals surface area (Å²) in [6.45, 7) is 10.9. The minimum Gasteiger partial charge on any atom is -0.437 e. The number of oxazole rings is 1. The fourth-order valence-electron chi connectivity index (χ4n) is 3.03. The van der Waals surface area contributed by atoms with Gasteiger partial charge >= 0.3 is 0 Å². The quantitative estimate of drug-likeness (QED) is 0.774. The van der Waals surface area contributed by atoms with Gasteiger partial charge < -0.3 is 4.42 Å². The smallest absolute Gasteiger partial charge is 0.256 e. The maximum atomic E-state index is 9.43.